The molecule has 4 aromatic carbocycles. The fourth-order valence-corrected chi connectivity index (χ4v) is 8.82. The van der Waals surface area contributed by atoms with Crippen LogP contribution >= 0.6 is 0 Å². The van der Waals surface area contributed by atoms with Crippen molar-refractivity contribution in [3.8, 4) is 23.3 Å². The molecule has 0 heterocycles. The van der Waals surface area contributed by atoms with Crippen molar-refractivity contribution in [1.82, 2.24) is 5.32 Å². The number of hydrogen-bond donors (Lipinski definition) is 1. The van der Waals surface area contributed by atoms with E-state index >= 15 is 0 Å². The summed E-state index contributed by atoms with van der Waals surface area (Å²) in [5.41, 5.74) is 4.53. The number of nitriles is 1. The fourth-order valence-electron chi connectivity index (χ4n) is 8.82. The summed E-state index contributed by atoms with van der Waals surface area (Å²) < 4.78 is 28.2. The highest BCUT2D eigenvalue weighted by Crippen LogP contribution is 2.38. The maximum absolute atomic E-state index is 13.4. The van der Waals surface area contributed by atoms with E-state index in [9.17, 15) is 19.2 Å². The van der Waals surface area contributed by atoms with Gasteiger partial charge in [-0.25, -0.2) is 9.59 Å². The predicted octanol–water partition coefficient (Wildman–Crippen LogP) is 16.3. The molecule has 0 saturated heterocycles. The summed E-state index contributed by atoms with van der Waals surface area (Å²) in [4.78, 5) is 51.3. The van der Waals surface area contributed by atoms with Crippen molar-refractivity contribution in [2.24, 2.45) is 21.1 Å². The van der Waals surface area contributed by atoms with Gasteiger partial charge in [0.05, 0.1) is 54.7 Å². The van der Waals surface area contributed by atoms with E-state index in [2.05, 4.69) is 75.3 Å². The summed E-state index contributed by atoms with van der Waals surface area (Å²) in [6.07, 6.45) is 16.1. The Morgan fingerprint density at radius 3 is 1.68 bits per heavy atom. The second-order valence-corrected chi connectivity index (χ2v) is 23.6. The van der Waals surface area contributed by atoms with Gasteiger partial charge in [-0.15, -0.1) is 0 Å². The van der Waals surface area contributed by atoms with Crippen LogP contribution in [-0.2, 0) is 34.7 Å². The first-order valence-corrected chi connectivity index (χ1v) is 28.6. The van der Waals surface area contributed by atoms with Gasteiger partial charge < -0.3 is 29.0 Å². The fraction of sp³-hybridized carbons (Fsp3) is 0.530. The predicted molar refractivity (Wildman–Crippen MR) is 314 cm³/mol. The third-order valence-electron chi connectivity index (χ3n) is 14.0. The molecule has 4 rings (SSSR count). The number of unbranched alkanes of at least 4 members (excludes halogenated alkanes) is 10. The Bertz CT molecular complexity index is 2620. The second kappa shape index (κ2) is 32.3. The number of nitrogens with zero attached hydrogens (tertiary/aromatic N) is 3. The van der Waals surface area contributed by atoms with Gasteiger partial charge >= 0.3 is 17.9 Å². The van der Waals surface area contributed by atoms with Crippen molar-refractivity contribution in [3.63, 3.8) is 0 Å². The molecule has 4 aromatic rings. The number of rotatable bonds is 33. The standard InChI is InChI=1S/C66H90N4O9/c1-12-66(11,61(73)68-39-21-17-20-23-41-76-57-34-30-54(31-35-57)69-70-55-46-52(63(3,4)5)45-53(47-55)64(6,7)8)48-65(9,10)62(74)78-42-24-19-16-14-13-15-18-22-40-75-56-32-28-51(29-33-56)60(72)79-58-36-26-50(44-49(58)2)27-37-59(71)77-43-25-38-67/h26-37,44-47H,12-25,39-43,48H2,1-11H3,(H,68,73)/b37-27+,70-69?. The van der Waals surface area contributed by atoms with Crippen LogP contribution in [0.15, 0.2) is 101 Å². The van der Waals surface area contributed by atoms with Crippen molar-refractivity contribution in [2.45, 2.75) is 183 Å². The SMILES string of the molecule is CCC(C)(CC(C)(C)C(=O)OCCCCCCCCCCOc1ccc(C(=O)Oc2ccc(/C=C/C(=O)OCCC#N)cc2C)cc1)C(=O)NCCCCCCOc1ccc(N=Nc2cc(C(C)(C)C)cc(C(C)(C)C)c2)cc1. The number of ether oxygens (including phenoxy) is 5. The maximum atomic E-state index is 13.4. The van der Waals surface area contributed by atoms with Crippen molar-refractivity contribution in [2.75, 3.05) is 33.0 Å². The van der Waals surface area contributed by atoms with Gasteiger partial charge in [0.15, 0.2) is 0 Å². The first-order valence-electron chi connectivity index (χ1n) is 28.6. The van der Waals surface area contributed by atoms with E-state index in [1.165, 1.54) is 17.2 Å². The number of azo groups is 1. The number of carbonyl (C=O) groups is 4. The summed E-state index contributed by atoms with van der Waals surface area (Å²) in [7, 11) is 0. The molecule has 0 aliphatic rings. The van der Waals surface area contributed by atoms with Gasteiger partial charge in [0.2, 0.25) is 5.91 Å². The van der Waals surface area contributed by atoms with Crippen molar-refractivity contribution >= 4 is 41.3 Å². The molecule has 1 unspecified atom stereocenters. The van der Waals surface area contributed by atoms with E-state index in [0.29, 0.717) is 56.3 Å². The van der Waals surface area contributed by atoms with Crippen LogP contribution in [0.1, 0.15) is 198 Å². The molecule has 1 amide bonds. The molecule has 0 aliphatic carbocycles. The Balaban J connectivity index is 1.00. The van der Waals surface area contributed by atoms with Crippen LogP contribution in [0.25, 0.3) is 6.08 Å². The number of amides is 1. The molecule has 1 N–H and O–H groups in total. The first kappa shape index (κ1) is 64.7. The van der Waals surface area contributed by atoms with E-state index in [4.69, 9.17) is 28.9 Å². The van der Waals surface area contributed by atoms with Crippen LogP contribution in [0, 0.1) is 29.1 Å². The zero-order valence-electron chi connectivity index (χ0n) is 49.4. The van der Waals surface area contributed by atoms with Crippen LogP contribution in [-0.4, -0.2) is 56.8 Å². The van der Waals surface area contributed by atoms with Crippen LogP contribution in [0.3, 0.4) is 0 Å². The third-order valence-corrected chi connectivity index (χ3v) is 14.0. The molecule has 0 spiro atoms. The molecule has 0 fully saturated rings. The van der Waals surface area contributed by atoms with Gasteiger partial charge in [0.1, 0.15) is 23.9 Å². The Labute approximate surface area is 472 Å². The Kier molecular flexibility index (Phi) is 26.5. The number of esters is 3. The molecular formula is C66H90N4O9. The minimum atomic E-state index is -0.792. The van der Waals surface area contributed by atoms with Crippen molar-refractivity contribution in [3.05, 3.63) is 119 Å². The van der Waals surface area contributed by atoms with Gasteiger partial charge in [0.25, 0.3) is 0 Å². The molecule has 0 bridgehead atoms. The average Bonchev–Trinajstić information content (AvgIpc) is 3.49. The van der Waals surface area contributed by atoms with E-state index in [1.807, 2.05) is 65.0 Å². The molecular weight excluding hydrogens is 993 g/mol. The molecule has 13 nitrogen and oxygen atoms in total. The lowest BCUT2D eigenvalue weighted by Crippen LogP contribution is -2.43. The van der Waals surface area contributed by atoms with Gasteiger partial charge in [-0.1, -0.05) is 119 Å². The highest BCUT2D eigenvalue weighted by atomic mass is 16.5. The topological polar surface area (TPSA) is 175 Å². The Hall–Kier alpha value is -6.81. The molecule has 79 heavy (non-hydrogen) atoms. The molecule has 0 radical (unpaired) electrons. The van der Waals surface area contributed by atoms with Crippen molar-refractivity contribution < 1.29 is 42.9 Å². The summed E-state index contributed by atoms with van der Waals surface area (Å²) in [5, 5.41) is 20.8. The van der Waals surface area contributed by atoms with E-state index in [1.54, 1.807) is 48.5 Å². The van der Waals surface area contributed by atoms with E-state index < -0.39 is 22.8 Å². The lowest BCUT2D eigenvalue weighted by atomic mass is 9.72. The quantitative estimate of drug-likeness (QED) is 0.0159. The average molecular weight is 1080 g/mol. The number of hydrogen-bond acceptors (Lipinski definition) is 12. The number of nitrogens with one attached hydrogen (secondary N) is 1. The van der Waals surface area contributed by atoms with E-state index in [-0.39, 0.29) is 35.7 Å². The number of carbonyl (C=O) groups excluding carboxylic acids is 4. The molecule has 0 aromatic heterocycles. The third kappa shape index (κ3) is 23.6. The van der Waals surface area contributed by atoms with Crippen LogP contribution in [0.4, 0.5) is 11.4 Å². The minimum absolute atomic E-state index is 0.0102. The molecule has 428 valence electrons. The largest absolute Gasteiger partial charge is 0.494 e. The molecule has 13 heteroatoms. The van der Waals surface area contributed by atoms with Crippen LogP contribution < -0.4 is 19.5 Å². The first-order chi connectivity index (χ1) is 37.5. The van der Waals surface area contributed by atoms with Gasteiger partial charge in [-0.3, -0.25) is 9.59 Å². The molecule has 0 aliphatic heterocycles. The summed E-state index contributed by atoms with van der Waals surface area (Å²) >= 11 is 0. The smallest absolute Gasteiger partial charge is 0.343 e. The summed E-state index contributed by atoms with van der Waals surface area (Å²) in [6.45, 7) is 25.1. The summed E-state index contributed by atoms with van der Waals surface area (Å²) in [5.74, 6) is 0.618. The van der Waals surface area contributed by atoms with E-state index in [0.717, 1.165) is 105 Å². The van der Waals surface area contributed by atoms with Gasteiger partial charge in [-0.2, -0.15) is 15.5 Å². The Morgan fingerprint density at radius 1 is 0.608 bits per heavy atom. The molecule has 1 atom stereocenters. The zero-order chi connectivity index (χ0) is 57.9. The molecule has 0 saturated carbocycles. The highest BCUT2D eigenvalue weighted by Gasteiger charge is 2.41. The monoisotopic (exact) mass is 1080 g/mol. The van der Waals surface area contributed by atoms with Crippen molar-refractivity contribution in [1.29, 1.82) is 5.26 Å². The number of aryl methyl sites for hydroxylation is 1. The maximum Gasteiger partial charge on any atom is 0.343 e. The Morgan fingerprint density at radius 2 is 1.14 bits per heavy atom. The normalized spacial score (nSPS) is 12.7. The lowest BCUT2D eigenvalue weighted by Gasteiger charge is -2.34. The van der Waals surface area contributed by atoms with Gasteiger partial charge in [0, 0.05) is 18.0 Å². The minimum Gasteiger partial charge on any atom is -0.494 e. The summed E-state index contributed by atoms with van der Waals surface area (Å²) in [6, 6.07) is 28.3. The second-order valence-electron chi connectivity index (χ2n) is 23.6. The number of benzene rings is 4. The highest BCUT2D eigenvalue weighted by molar-refractivity contribution is 5.91. The lowest BCUT2D eigenvalue weighted by molar-refractivity contribution is -0.157. The zero-order valence-corrected chi connectivity index (χ0v) is 49.4. The van der Waals surface area contributed by atoms with Crippen LogP contribution in [0.5, 0.6) is 17.2 Å². The van der Waals surface area contributed by atoms with Crippen LogP contribution in [0.2, 0.25) is 0 Å². The van der Waals surface area contributed by atoms with Gasteiger partial charge in [-0.05, 0) is 171 Å².